The molecule has 0 rings (SSSR count). The molecule has 0 saturated heterocycles. The first-order valence-electron chi connectivity index (χ1n) is 0.408. The number of nitrogens with one attached hydrogen (secondary N) is 1. The summed E-state index contributed by atoms with van der Waals surface area (Å²) in [7, 11) is 0. The Morgan fingerprint density at radius 2 is 1.14 bits per heavy atom. The van der Waals surface area contributed by atoms with Crippen LogP contribution in [0.25, 0.3) is 0 Å². The van der Waals surface area contributed by atoms with Gasteiger partial charge >= 0.3 is 75.5 Å². The first-order chi connectivity index (χ1) is 1.41. The molecule has 0 saturated carbocycles. The maximum absolute atomic E-state index is 8.12. The van der Waals surface area contributed by atoms with Gasteiger partial charge in [0, 0.05) is 5.34 Å². The first kappa shape index (κ1) is 36.9. The predicted octanol–water partition coefficient (Wildman–Crippen LogP) is -5.15. The monoisotopic (exact) mass is 167 g/mol. The van der Waals surface area contributed by atoms with E-state index in [1.165, 1.54) is 0 Å². The summed E-state index contributed by atoms with van der Waals surface area (Å²) in [6, 6.07) is 0. The van der Waals surface area contributed by atoms with E-state index in [0.29, 0.717) is 0 Å². The summed E-state index contributed by atoms with van der Waals surface area (Å²) in [6.07, 6.45) is 0. The van der Waals surface area contributed by atoms with Crippen LogP contribution < -0.4 is 5.34 Å². The molecule has 0 aliphatic carbocycles. The Morgan fingerprint density at radius 1 is 1.14 bits per heavy atom. The summed E-state index contributed by atoms with van der Waals surface area (Å²) in [5.41, 5.74) is 0. The fourth-order valence-corrected chi connectivity index (χ4v) is 0. The zero-order chi connectivity index (χ0) is 2.71. The van der Waals surface area contributed by atoms with Crippen LogP contribution in [0.15, 0.2) is 0 Å². The summed E-state index contributed by atoms with van der Waals surface area (Å²) in [4.78, 5) is 8.12. The second kappa shape index (κ2) is 45.5. The van der Waals surface area contributed by atoms with Gasteiger partial charge in [-0.25, -0.2) is 0 Å². The Labute approximate surface area is 100 Å². The van der Waals surface area contributed by atoms with Gasteiger partial charge in [-0.15, -0.1) is 0 Å². The van der Waals surface area contributed by atoms with Crippen molar-refractivity contribution in [2.75, 3.05) is 0 Å². The molecule has 0 aromatic carbocycles. The van der Waals surface area contributed by atoms with E-state index in [9.17, 15) is 0 Å². The van der Waals surface area contributed by atoms with Crippen molar-refractivity contribution in [2.45, 2.75) is 0 Å². The molecule has 7 heteroatoms. The van der Waals surface area contributed by atoms with Crippen LogP contribution in [0.2, 0.25) is 0 Å². The van der Waals surface area contributed by atoms with Gasteiger partial charge in [-0.3, -0.25) is 10.1 Å². The van der Waals surface area contributed by atoms with Gasteiger partial charge < -0.3 is 11.0 Å². The van der Waals surface area contributed by atoms with E-state index in [2.05, 4.69) is 0 Å². The summed E-state index contributed by atoms with van der Waals surface area (Å²) < 4.78 is 0. The molecule has 0 heterocycles. The van der Waals surface area contributed by atoms with E-state index in [4.69, 9.17) is 10.1 Å². The zero-order valence-electron chi connectivity index (χ0n) is 2.32. The summed E-state index contributed by atoms with van der Waals surface area (Å²) in [6.45, 7) is 0. The van der Waals surface area contributed by atoms with E-state index < -0.39 is 0 Å². The standard InChI is InChI=1S/2Ca.HNO2.2H2O.4H/c;;2-1-3;;;;;;/h;;1H;2*1H2;;;;. The molecule has 0 radical (unpaired) electrons. The van der Waals surface area contributed by atoms with Crippen LogP contribution in [0.3, 0.4) is 0 Å². The van der Waals surface area contributed by atoms with Gasteiger partial charge in [0.15, 0.2) is 0 Å². The van der Waals surface area contributed by atoms with E-state index in [0.717, 1.165) is 0 Å². The molecule has 7 heavy (non-hydrogen) atoms. The van der Waals surface area contributed by atoms with E-state index in [1.54, 1.807) is 0 Å². The van der Waals surface area contributed by atoms with Gasteiger partial charge in [0.1, 0.15) is 0 Å². The second-order valence-electron chi connectivity index (χ2n) is 0.0833. The van der Waals surface area contributed by atoms with Crippen molar-refractivity contribution in [3.8, 4) is 0 Å². The topological polar surface area (TPSA) is 117 Å². The molecular weight excluding hydrogens is 158 g/mol. The third kappa shape index (κ3) is 79.0. The minimum absolute atomic E-state index is 0. The van der Waals surface area contributed by atoms with Crippen LogP contribution in [-0.2, 0) is 0 Å². The normalized spacial score (nSPS) is 1.71. The Bertz CT molecular complexity index is 17.2. The molecule has 0 amide bonds. The Hall–Kier alpha value is 1.84. The second-order valence-corrected chi connectivity index (χ2v) is 0.0833. The fourth-order valence-electron chi connectivity index (χ4n) is 0. The SMILES string of the molecule is O.O.O=[NH+][O-].[CaH2].[CaH2]. The summed E-state index contributed by atoms with van der Waals surface area (Å²) >= 11 is 0. The molecule has 0 unspecified atom stereocenters. The van der Waals surface area contributed by atoms with Crippen molar-refractivity contribution in [1.82, 2.24) is 0 Å². The zero-order valence-corrected chi connectivity index (χ0v) is 2.32. The molecular formula is H9Ca2NO4. The number of hydrogen-bond acceptors (Lipinski definition) is 2. The Kier molecular flexibility index (Phi) is 239. The van der Waals surface area contributed by atoms with Crippen molar-refractivity contribution < 1.29 is 16.3 Å². The van der Waals surface area contributed by atoms with Gasteiger partial charge in [0.25, 0.3) is 0 Å². The van der Waals surface area contributed by atoms with Crippen LogP contribution in [0.4, 0.5) is 0 Å². The van der Waals surface area contributed by atoms with Crippen LogP contribution in [-0.4, -0.2) is 86.4 Å². The molecule has 0 aromatic heterocycles. The van der Waals surface area contributed by atoms with Gasteiger partial charge in [0.05, 0.1) is 0 Å². The maximum atomic E-state index is 8.12. The van der Waals surface area contributed by atoms with Gasteiger partial charge in [-0.05, 0) is 0 Å². The minimum atomic E-state index is 0. The van der Waals surface area contributed by atoms with E-state index in [-0.39, 0.29) is 91.8 Å². The van der Waals surface area contributed by atoms with Gasteiger partial charge in [0.2, 0.25) is 0 Å². The van der Waals surface area contributed by atoms with Gasteiger partial charge in [-0.1, -0.05) is 0 Å². The number of hydrogen-bond donors (Lipinski definition) is 1. The molecule has 0 bridgehead atoms. The van der Waals surface area contributed by atoms with E-state index in [1.807, 2.05) is 0 Å². The number of rotatable bonds is 0. The fraction of sp³-hybridized carbons (Fsp3) is 0. The first-order valence-corrected chi connectivity index (χ1v) is 0.408. The molecule has 0 spiro atoms. The van der Waals surface area contributed by atoms with Crippen LogP contribution >= 0.6 is 0 Å². The summed E-state index contributed by atoms with van der Waals surface area (Å²) in [5, 5.41) is 8.38. The molecule has 0 aromatic rings. The quantitative estimate of drug-likeness (QED) is 0.220. The summed E-state index contributed by atoms with van der Waals surface area (Å²) in [5.74, 6) is 0. The molecule has 5 nitrogen and oxygen atoms in total. The Balaban J connectivity index is -0.00000000333. The van der Waals surface area contributed by atoms with Crippen LogP contribution in [0.5, 0.6) is 0 Å². The van der Waals surface area contributed by atoms with E-state index >= 15 is 0 Å². The third-order valence-corrected chi connectivity index (χ3v) is 0. The molecule has 42 valence electrons. The third-order valence-electron chi connectivity index (χ3n) is 0. The average molecular weight is 167 g/mol. The van der Waals surface area contributed by atoms with Crippen LogP contribution in [0.1, 0.15) is 0 Å². The molecule has 0 atom stereocenters. The van der Waals surface area contributed by atoms with Crippen molar-refractivity contribution in [3.05, 3.63) is 10.1 Å². The molecule has 0 fully saturated rings. The molecule has 0 aliphatic rings. The van der Waals surface area contributed by atoms with Crippen molar-refractivity contribution in [1.29, 1.82) is 0 Å². The van der Waals surface area contributed by atoms with Gasteiger partial charge in [-0.2, -0.15) is 0 Å². The van der Waals surface area contributed by atoms with Crippen molar-refractivity contribution in [2.24, 2.45) is 0 Å². The molecule has 0 aliphatic heterocycles. The predicted molar refractivity (Wildman–Crippen MR) is 32.0 cm³/mol. The van der Waals surface area contributed by atoms with Crippen LogP contribution in [0, 0.1) is 10.1 Å². The molecule has 5 N–H and O–H groups in total. The average Bonchev–Trinajstić information content (AvgIpc) is 0.918. The Morgan fingerprint density at radius 3 is 1.14 bits per heavy atom. The van der Waals surface area contributed by atoms with Crippen molar-refractivity contribution in [3.63, 3.8) is 0 Å². The van der Waals surface area contributed by atoms with Crippen molar-refractivity contribution >= 4 is 75.5 Å².